The first kappa shape index (κ1) is 15.7. The standard InChI is InChI=1S/C14H23N3O4S/c1-9(2)13(18)15-10-7-12-14(19)17(11-3-4-11)22(20,21)6-5-16(12)8-10/h9-12H,3-8H2,1-2H3,(H,15,18)/t10-,12-/m0/s1. The summed E-state index contributed by atoms with van der Waals surface area (Å²) in [6.45, 7) is 4.56. The summed E-state index contributed by atoms with van der Waals surface area (Å²) in [6.07, 6.45) is 2.03. The van der Waals surface area contributed by atoms with E-state index in [0.29, 0.717) is 19.5 Å². The summed E-state index contributed by atoms with van der Waals surface area (Å²) < 4.78 is 25.7. The van der Waals surface area contributed by atoms with Crippen LogP contribution in [0.3, 0.4) is 0 Å². The zero-order valence-corrected chi connectivity index (χ0v) is 13.8. The van der Waals surface area contributed by atoms with E-state index in [1.807, 2.05) is 18.7 Å². The first-order chi connectivity index (χ1) is 10.3. The molecule has 2 amide bonds. The molecule has 3 rings (SSSR count). The zero-order chi connectivity index (χ0) is 16.1. The Labute approximate surface area is 131 Å². The fourth-order valence-corrected chi connectivity index (χ4v) is 4.93. The third kappa shape index (κ3) is 2.86. The predicted molar refractivity (Wildman–Crippen MR) is 80.4 cm³/mol. The highest BCUT2D eigenvalue weighted by Gasteiger charge is 2.49. The number of nitrogens with zero attached hydrogens (tertiary/aromatic N) is 2. The molecule has 0 radical (unpaired) electrons. The van der Waals surface area contributed by atoms with Crippen molar-refractivity contribution in [1.82, 2.24) is 14.5 Å². The van der Waals surface area contributed by atoms with Crippen molar-refractivity contribution in [2.75, 3.05) is 18.8 Å². The number of sulfonamides is 1. The van der Waals surface area contributed by atoms with E-state index in [1.54, 1.807) is 0 Å². The maximum absolute atomic E-state index is 12.7. The van der Waals surface area contributed by atoms with Crippen LogP contribution in [-0.2, 0) is 19.6 Å². The lowest BCUT2D eigenvalue weighted by atomic mass is 10.1. The minimum absolute atomic E-state index is 0.0173. The molecule has 124 valence electrons. The Morgan fingerprint density at radius 2 is 2.00 bits per heavy atom. The van der Waals surface area contributed by atoms with Crippen molar-refractivity contribution in [3.63, 3.8) is 0 Å². The van der Waals surface area contributed by atoms with Gasteiger partial charge in [-0.25, -0.2) is 12.7 Å². The molecule has 0 aromatic carbocycles. The van der Waals surface area contributed by atoms with E-state index in [9.17, 15) is 18.0 Å². The van der Waals surface area contributed by atoms with Gasteiger partial charge >= 0.3 is 0 Å². The highest BCUT2D eigenvalue weighted by molar-refractivity contribution is 7.89. The van der Waals surface area contributed by atoms with Crippen molar-refractivity contribution in [1.29, 1.82) is 0 Å². The van der Waals surface area contributed by atoms with E-state index >= 15 is 0 Å². The van der Waals surface area contributed by atoms with Gasteiger partial charge in [0.2, 0.25) is 15.9 Å². The van der Waals surface area contributed by atoms with E-state index in [1.165, 1.54) is 0 Å². The molecule has 3 aliphatic rings. The molecule has 2 aliphatic heterocycles. The van der Waals surface area contributed by atoms with Crippen LogP contribution in [0.1, 0.15) is 33.1 Å². The lowest BCUT2D eigenvalue weighted by Gasteiger charge is -2.23. The molecular formula is C14H23N3O4S. The Kier molecular flexibility index (Phi) is 3.92. The van der Waals surface area contributed by atoms with Crippen LogP contribution in [0.2, 0.25) is 0 Å². The van der Waals surface area contributed by atoms with Crippen molar-refractivity contribution >= 4 is 21.8 Å². The summed E-state index contributed by atoms with van der Waals surface area (Å²) in [5.41, 5.74) is 0. The molecule has 2 saturated heterocycles. The summed E-state index contributed by atoms with van der Waals surface area (Å²) in [6, 6.07) is -0.636. The smallest absolute Gasteiger partial charge is 0.253 e. The Balaban J connectivity index is 1.75. The topological polar surface area (TPSA) is 86.8 Å². The molecule has 0 aromatic rings. The monoisotopic (exact) mass is 329 g/mol. The first-order valence-corrected chi connectivity index (χ1v) is 9.51. The normalized spacial score (nSPS) is 32.0. The van der Waals surface area contributed by atoms with Crippen LogP contribution in [0.4, 0.5) is 0 Å². The molecule has 1 N–H and O–H groups in total. The molecule has 7 nitrogen and oxygen atoms in total. The van der Waals surface area contributed by atoms with Gasteiger partial charge in [0, 0.05) is 31.1 Å². The van der Waals surface area contributed by atoms with Gasteiger partial charge in [0.05, 0.1) is 11.8 Å². The largest absolute Gasteiger partial charge is 0.352 e. The molecule has 1 aliphatic carbocycles. The minimum atomic E-state index is -3.49. The van der Waals surface area contributed by atoms with Crippen molar-refractivity contribution < 1.29 is 18.0 Å². The average molecular weight is 329 g/mol. The number of hydrogen-bond acceptors (Lipinski definition) is 5. The fourth-order valence-electron chi connectivity index (χ4n) is 3.21. The fraction of sp³-hybridized carbons (Fsp3) is 0.857. The molecule has 0 bridgehead atoms. The van der Waals surface area contributed by atoms with Gasteiger partial charge in [-0.1, -0.05) is 13.8 Å². The maximum Gasteiger partial charge on any atom is 0.253 e. The van der Waals surface area contributed by atoms with E-state index in [4.69, 9.17) is 0 Å². The van der Waals surface area contributed by atoms with Crippen LogP contribution in [0, 0.1) is 5.92 Å². The highest BCUT2D eigenvalue weighted by atomic mass is 32.2. The molecule has 1 saturated carbocycles. The third-order valence-corrected chi connectivity index (χ3v) is 6.37. The Morgan fingerprint density at radius 3 is 2.59 bits per heavy atom. The molecular weight excluding hydrogens is 306 g/mol. The Hall–Kier alpha value is -1.15. The van der Waals surface area contributed by atoms with E-state index in [-0.39, 0.29) is 35.6 Å². The number of nitrogens with one attached hydrogen (secondary N) is 1. The Morgan fingerprint density at radius 1 is 1.32 bits per heavy atom. The van der Waals surface area contributed by atoms with E-state index in [0.717, 1.165) is 17.1 Å². The Bertz CT molecular complexity index is 585. The number of carbonyl (C=O) groups excluding carboxylic acids is 2. The molecule has 0 unspecified atom stereocenters. The second kappa shape index (κ2) is 5.49. The van der Waals surface area contributed by atoms with Crippen LogP contribution >= 0.6 is 0 Å². The lowest BCUT2D eigenvalue weighted by molar-refractivity contribution is -0.131. The first-order valence-electron chi connectivity index (χ1n) is 7.90. The quantitative estimate of drug-likeness (QED) is 0.757. The molecule has 3 fully saturated rings. The van der Waals surface area contributed by atoms with Crippen LogP contribution in [0.15, 0.2) is 0 Å². The number of rotatable bonds is 3. The molecule has 2 heterocycles. The molecule has 0 spiro atoms. The predicted octanol–water partition coefficient (Wildman–Crippen LogP) is -0.464. The molecule has 22 heavy (non-hydrogen) atoms. The van der Waals surface area contributed by atoms with Crippen molar-refractivity contribution in [2.24, 2.45) is 5.92 Å². The highest BCUT2D eigenvalue weighted by Crippen LogP contribution is 2.34. The van der Waals surface area contributed by atoms with Crippen LogP contribution in [-0.4, -0.2) is 66.4 Å². The van der Waals surface area contributed by atoms with Gasteiger partial charge in [0.15, 0.2) is 0 Å². The maximum atomic E-state index is 12.7. The summed E-state index contributed by atoms with van der Waals surface area (Å²) >= 11 is 0. The summed E-state index contributed by atoms with van der Waals surface area (Å²) in [7, 11) is -3.49. The second-order valence-electron chi connectivity index (χ2n) is 6.79. The SMILES string of the molecule is CC(C)C(=O)N[C@H]1C[C@H]2C(=O)N(C3CC3)S(=O)(=O)CCN2C1. The third-order valence-electron chi connectivity index (χ3n) is 4.59. The van der Waals surface area contributed by atoms with Gasteiger partial charge in [-0.3, -0.25) is 14.5 Å². The number of hydrogen-bond donors (Lipinski definition) is 1. The summed E-state index contributed by atoms with van der Waals surface area (Å²) in [5, 5.41) is 2.96. The van der Waals surface area contributed by atoms with E-state index in [2.05, 4.69) is 5.32 Å². The van der Waals surface area contributed by atoms with Gasteiger partial charge in [0.1, 0.15) is 0 Å². The van der Waals surface area contributed by atoms with Crippen molar-refractivity contribution in [3.8, 4) is 0 Å². The molecule has 2 atom stereocenters. The van der Waals surface area contributed by atoms with Gasteiger partial charge in [0.25, 0.3) is 5.91 Å². The number of fused-ring (bicyclic) bond motifs is 1. The molecule has 0 aromatic heterocycles. The number of carbonyl (C=O) groups is 2. The zero-order valence-electron chi connectivity index (χ0n) is 13.0. The summed E-state index contributed by atoms with van der Waals surface area (Å²) in [4.78, 5) is 26.4. The van der Waals surface area contributed by atoms with Crippen LogP contribution in [0.25, 0.3) is 0 Å². The number of amides is 2. The average Bonchev–Trinajstić information content (AvgIpc) is 3.16. The second-order valence-corrected chi connectivity index (χ2v) is 8.75. The minimum Gasteiger partial charge on any atom is -0.352 e. The van der Waals surface area contributed by atoms with Crippen LogP contribution in [0.5, 0.6) is 0 Å². The van der Waals surface area contributed by atoms with Gasteiger partial charge in [-0.15, -0.1) is 0 Å². The van der Waals surface area contributed by atoms with Crippen molar-refractivity contribution in [2.45, 2.75) is 51.2 Å². The van der Waals surface area contributed by atoms with Gasteiger partial charge < -0.3 is 5.32 Å². The van der Waals surface area contributed by atoms with Crippen molar-refractivity contribution in [3.05, 3.63) is 0 Å². The van der Waals surface area contributed by atoms with E-state index < -0.39 is 16.1 Å². The summed E-state index contributed by atoms with van der Waals surface area (Å²) in [5.74, 6) is -0.445. The molecule has 8 heteroatoms. The van der Waals surface area contributed by atoms with Crippen LogP contribution < -0.4 is 5.32 Å². The van der Waals surface area contributed by atoms with Gasteiger partial charge in [-0.2, -0.15) is 0 Å². The lowest BCUT2D eigenvalue weighted by Crippen LogP contribution is -2.45. The van der Waals surface area contributed by atoms with Gasteiger partial charge in [-0.05, 0) is 19.3 Å².